The number of halogens is 1. The summed E-state index contributed by atoms with van der Waals surface area (Å²) in [5.41, 5.74) is 15.9. The number of benzene rings is 1. The molecule has 0 aliphatic rings. The monoisotopic (exact) mass is 329 g/mol. The molecule has 2 aromatic rings. The van der Waals surface area contributed by atoms with Crippen molar-refractivity contribution in [1.29, 1.82) is 0 Å². The van der Waals surface area contributed by atoms with Crippen LogP contribution in [0.4, 0.5) is 0 Å². The normalized spacial score (nSPS) is 12.3. The predicted octanol–water partition coefficient (Wildman–Crippen LogP) is 3.66. The van der Waals surface area contributed by atoms with E-state index in [1.54, 1.807) is 19.5 Å². The van der Waals surface area contributed by atoms with Gasteiger partial charge in [-0.25, -0.2) is 4.98 Å². The lowest BCUT2D eigenvalue weighted by Crippen LogP contribution is -1.99. The van der Waals surface area contributed by atoms with Crippen LogP contribution in [-0.4, -0.2) is 12.1 Å². The zero-order valence-corrected chi connectivity index (χ0v) is 14.0. The van der Waals surface area contributed by atoms with Crippen LogP contribution >= 0.6 is 11.6 Å². The van der Waals surface area contributed by atoms with Gasteiger partial charge in [0.15, 0.2) is 0 Å². The number of nitrogens with two attached hydrogens (primary N) is 2. The number of methoxy groups -OCH3 is 1. The summed E-state index contributed by atoms with van der Waals surface area (Å²) >= 11 is 6.09. The molecule has 0 aliphatic carbocycles. The van der Waals surface area contributed by atoms with Gasteiger partial charge < -0.3 is 16.2 Å². The minimum atomic E-state index is 0.555. The zero-order chi connectivity index (χ0) is 16.8. The van der Waals surface area contributed by atoms with Crippen LogP contribution in [0.25, 0.3) is 11.1 Å². The van der Waals surface area contributed by atoms with Gasteiger partial charge in [0.1, 0.15) is 0 Å². The highest BCUT2D eigenvalue weighted by molar-refractivity contribution is 6.30. The second-order valence-corrected chi connectivity index (χ2v) is 5.65. The molecule has 1 heterocycles. The fourth-order valence-corrected chi connectivity index (χ4v) is 2.49. The van der Waals surface area contributed by atoms with Crippen LogP contribution in [0.5, 0.6) is 5.88 Å². The van der Waals surface area contributed by atoms with Gasteiger partial charge in [-0.1, -0.05) is 23.7 Å². The average Bonchev–Trinajstić information content (AvgIpc) is 2.53. The second-order valence-electron chi connectivity index (χ2n) is 5.22. The lowest BCUT2D eigenvalue weighted by molar-refractivity contribution is 0.399. The number of rotatable bonds is 5. The van der Waals surface area contributed by atoms with Gasteiger partial charge >= 0.3 is 0 Å². The second kappa shape index (κ2) is 7.70. The van der Waals surface area contributed by atoms with Crippen LogP contribution in [0.3, 0.4) is 0 Å². The van der Waals surface area contributed by atoms with E-state index < -0.39 is 0 Å². The first-order chi connectivity index (χ1) is 11.0. The minimum absolute atomic E-state index is 0.555. The maximum Gasteiger partial charge on any atom is 0.221 e. The van der Waals surface area contributed by atoms with Gasteiger partial charge in [0.25, 0.3) is 0 Å². The molecule has 0 spiro atoms. The van der Waals surface area contributed by atoms with Crippen molar-refractivity contribution in [3.8, 4) is 17.0 Å². The van der Waals surface area contributed by atoms with Crippen LogP contribution in [-0.2, 0) is 6.42 Å². The Morgan fingerprint density at radius 3 is 2.74 bits per heavy atom. The molecule has 0 saturated heterocycles. The SMILES string of the molecule is COc1ncc(CC(/C=C(/C)N)=C/N)cc1-c1cccc(Cl)c1. The number of hydrogen-bond acceptors (Lipinski definition) is 4. The van der Waals surface area contributed by atoms with Crippen LogP contribution in [0.2, 0.25) is 5.02 Å². The van der Waals surface area contributed by atoms with E-state index in [4.69, 9.17) is 27.8 Å². The molecule has 0 atom stereocenters. The average molecular weight is 330 g/mol. The summed E-state index contributed by atoms with van der Waals surface area (Å²) in [7, 11) is 1.60. The third kappa shape index (κ3) is 4.50. The Morgan fingerprint density at radius 1 is 1.35 bits per heavy atom. The summed E-state index contributed by atoms with van der Waals surface area (Å²) in [6.45, 7) is 1.83. The Hall–Kier alpha value is -2.46. The fourth-order valence-electron chi connectivity index (χ4n) is 2.30. The molecule has 4 N–H and O–H groups in total. The van der Waals surface area contributed by atoms with E-state index in [9.17, 15) is 0 Å². The van der Waals surface area contributed by atoms with Crippen LogP contribution < -0.4 is 16.2 Å². The molecule has 0 amide bonds. The maximum atomic E-state index is 6.09. The topological polar surface area (TPSA) is 74.2 Å². The molecular weight excluding hydrogens is 310 g/mol. The van der Waals surface area contributed by atoms with Crippen molar-refractivity contribution in [2.24, 2.45) is 11.5 Å². The van der Waals surface area contributed by atoms with Crippen molar-refractivity contribution in [3.05, 3.63) is 70.7 Å². The first-order valence-electron chi connectivity index (χ1n) is 7.17. The summed E-state index contributed by atoms with van der Waals surface area (Å²) in [6.07, 6.45) is 5.81. The van der Waals surface area contributed by atoms with Gasteiger partial charge in [-0.15, -0.1) is 0 Å². The molecule has 2 rings (SSSR count). The first kappa shape index (κ1) is 16.9. The standard InChI is InChI=1S/C18H20ClN3O/c1-12(21)6-13(10-20)7-14-8-17(18(23-2)22-11-14)15-4-3-5-16(19)9-15/h3-6,8-11H,7,20-21H2,1-2H3/b12-6-,13-10+. The Kier molecular flexibility index (Phi) is 5.66. The third-order valence-electron chi connectivity index (χ3n) is 3.27. The molecule has 23 heavy (non-hydrogen) atoms. The molecule has 0 saturated carbocycles. The summed E-state index contributed by atoms with van der Waals surface area (Å²) in [5.74, 6) is 0.555. The van der Waals surface area contributed by atoms with Gasteiger partial charge in [0.05, 0.1) is 7.11 Å². The van der Waals surface area contributed by atoms with Crippen molar-refractivity contribution in [1.82, 2.24) is 4.98 Å². The van der Waals surface area contributed by atoms with E-state index in [-0.39, 0.29) is 0 Å². The molecule has 0 radical (unpaired) electrons. The summed E-state index contributed by atoms with van der Waals surface area (Å²) in [4.78, 5) is 4.38. The molecule has 4 nitrogen and oxygen atoms in total. The number of allylic oxidation sites excluding steroid dienone is 3. The Labute approximate surface area is 141 Å². The van der Waals surface area contributed by atoms with Gasteiger partial charge in [-0.2, -0.15) is 0 Å². The number of aromatic nitrogens is 1. The molecule has 1 aromatic carbocycles. The molecule has 1 aromatic heterocycles. The maximum absolute atomic E-state index is 6.09. The zero-order valence-electron chi connectivity index (χ0n) is 13.2. The molecule has 0 bridgehead atoms. The number of ether oxygens (including phenoxy) is 1. The van der Waals surface area contributed by atoms with E-state index in [1.165, 1.54) is 0 Å². The van der Waals surface area contributed by atoms with Gasteiger partial charge in [-0.05, 0) is 54.1 Å². The Morgan fingerprint density at radius 2 is 2.13 bits per heavy atom. The number of pyridine rings is 1. The molecule has 0 unspecified atom stereocenters. The van der Waals surface area contributed by atoms with Crippen LogP contribution in [0.15, 0.2) is 60.1 Å². The summed E-state index contributed by atoms with van der Waals surface area (Å²) < 4.78 is 5.37. The minimum Gasteiger partial charge on any atom is -0.481 e. The number of nitrogens with zero attached hydrogens (tertiary/aromatic N) is 1. The highest BCUT2D eigenvalue weighted by Gasteiger charge is 2.10. The van der Waals surface area contributed by atoms with Crippen molar-refractivity contribution in [2.45, 2.75) is 13.3 Å². The molecule has 5 heteroatoms. The van der Waals surface area contributed by atoms with E-state index in [0.29, 0.717) is 23.0 Å². The Balaban J connectivity index is 2.41. The van der Waals surface area contributed by atoms with Gasteiger partial charge in [-0.3, -0.25) is 0 Å². The lowest BCUT2D eigenvalue weighted by atomic mass is 10.0. The van der Waals surface area contributed by atoms with E-state index in [0.717, 1.165) is 22.3 Å². The summed E-state index contributed by atoms with van der Waals surface area (Å²) in [6, 6.07) is 9.61. The van der Waals surface area contributed by atoms with E-state index in [2.05, 4.69) is 4.98 Å². The highest BCUT2D eigenvalue weighted by atomic mass is 35.5. The smallest absolute Gasteiger partial charge is 0.221 e. The van der Waals surface area contributed by atoms with Crippen molar-refractivity contribution in [2.75, 3.05) is 7.11 Å². The van der Waals surface area contributed by atoms with Gasteiger partial charge in [0.2, 0.25) is 5.88 Å². The third-order valence-corrected chi connectivity index (χ3v) is 3.51. The van der Waals surface area contributed by atoms with E-state index >= 15 is 0 Å². The van der Waals surface area contributed by atoms with Crippen LogP contribution in [0, 0.1) is 0 Å². The molecule has 0 fully saturated rings. The number of hydrogen-bond donors (Lipinski definition) is 2. The Bertz CT molecular complexity index is 750. The van der Waals surface area contributed by atoms with Gasteiger partial charge in [0, 0.05) is 28.9 Å². The van der Waals surface area contributed by atoms with Crippen molar-refractivity contribution >= 4 is 11.6 Å². The van der Waals surface area contributed by atoms with E-state index in [1.807, 2.05) is 43.3 Å². The van der Waals surface area contributed by atoms with Crippen LogP contribution in [0.1, 0.15) is 12.5 Å². The molecule has 120 valence electrons. The van der Waals surface area contributed by atoms with Crippen molar-refractivity contribution in [3.63, 3.8) is 0 Å². The summed E-state index contributed by atoms with van der Waals surface area (Å²) in [5, 5.41) is 0.666. The quantitative estimate of drug-likeness (QED) is 0.821. The fraction of sp³-hybridized carbons (Fsp3) is 0.167. The molecule has 0 aliphatic heterocycles. The van der Waals surface area contributed by atoms with Crippen molar-refractivity contribution < 1.29 is 4.74 Å². The largest absolute Gasteiger partial charge is 0.481 e. The predicted molar refractivity (Wildman–Crippen MR) is 95.2 cm³/mol. The molecular formula is C18H20ClN3O. The first-order valence-corrected chi connectivity index (χ1v) is 7.54. The lowest BCUT2D eigenvalue weighted by Gasteiger charge is -2.11. The highest BCUT2D eigenvalue weighted by Crippen LogP contribution is 2.31.